The van der Waals surface area contributed by atoms with E-state index in [9.17, 15) is 19.5 Å². The Kier molecular flexibility index (Phi) is 9.84. The summed E-state index contributed by atoms with van der Waals surface area (Å²) in [6.07, 6.45) is 2.73. The van der Waals surface area contributed by atoms with Crippen LogP contribution in [0.4, 0.5) is 5.82 Å². The standard InChI is InChI=1S/C37H35Cl2N5O7/c1-50-34-21(15-44-18-23(19-44)37(48)49)12-29(38)35(42-34)51-30-10-9-25-24(4-2-5-26(25)30)27-6-3-7-28(32(27)39)33(45)41-31-11-8-20(13-40-31)14-43-16-22(17-43)36(46)47/h2-8,11-13,22-23,30H,9-10,14-19H2,1H3,(H,46,47)(H,48,49)(H,40,41,45)/t30-/m0/s1. The average Bonchev–Trinajstić information content (AvgIpc) is 3.48. The highest BCUT2D eigenvalue weighted by Crippen LogP contribution is 2.43. The van der Waals surface area contributed by atoms with E-state index in [0.29, 0.717) is 79.4 Å². The summed E-state index contributed by atoms with van der Waals surface area (Å²) in [5, 5.41) is 21.8. The number of ether oxygens (including phenoxy) is 2. The van der Waals surface area contributed by atoms with Crippen molar-refractivity contribution in [2.75, 3.05) is 38.6 Å². The van der Waals surface area contributed by atoms with Crippen LogP contribution >= 0.6 is 23.2 Å². The van der Waals surface area contributed by atoms with Gasteiger partial charge in [0.15, 0.2) is 0 Å². The second-order valence-corrected chi connectivity index (χ2v) is 13.9. The molecule has 4 aromatic rings. The molecule has 7 rings (SSSR count). The largest absolute Gasteiger partial charge is 0.481 e. The molecule has 4 heterocycles. The van der Waals surface area contributed by atoms with Gasteiger partial charge in [-0.1, -0.05) is 59.6 Å². The SMILES string of the molecule is COc1nc(O[C@H]2CCc3c(-c4cccc(C(=O)Nc5ccc(CN6CC(C(=O)O)C6)cn5)c4Cl)cccc32)c(Cl)cc1CN1CC(C(=O)O)C1. The Hall–Kier alpha value is -4.75. The van der Waals surface area contributed by atoms with Crippen LogP contribution in [0.1, 0.15) is 45.1 Å². The number of hydrogen-bond acceptors (Lipinski definition) is 9. The van der Waals surface area contributed by atoms with Gasteiger partial charge in [0.25, 0.3) is 5.91 Å². The van der Waals surface area contributed by atoms with E-state index in [0.717, 1.165) is 33.4 Å². The van der Waals surface area contributed by atoms with Gasteiger partial charge in [0, 0.05) is 56.6 Å². The van der Waals surface area contributed by atoms with E-state index in [2.05, 4.69) is 15.3 Å². The van der Waals surface area contributed by atoms with Crippen LogP contribution in [0.15, 0.2) is 60.8 Å². The van der Waals surface area contributed by atoms with Crippen LogP contribution in [0.2, 0.25) is 10.0 Å². The number of carboxylic acids is 2. The quantitative estimate of drug-likeness (QED) is 0.162. The molecule has 1 amide bonds. The van der Waals surface area contributed by atoms with Crippen LogP contribution in [-0.4, -0.2) is 81.1 Å². The first-order valence-corrected chi connectivity index (χ1v) is 17.3. The molecule has 3 N–H and O–H groups in total. The zero-order chi connectivity index (χ0) is 35.8. The Balaban J connectivity index is 1.03. The van der Waals surface area contributed by atoms with Crippen molar-refractivity contribution >= 4 is 46.9 Å². The fourth-order valence-corrected chi connectivity index (χ4v) is 7.42. The number of anilines is 1. The third-order valence-corrected chi connectivity index (χ3v) is 10.3. The summed E-state index contributed by atoms with van der Waals surface area (Å²) in [7, 11) is 1.52. The smallest absolute Gasteiger partial charge is 0.309 e. The Morgan fingerprint density at radius 3 is 2.25 bits per heavy atom. The summed E-state index contributed by atoms with van der Waals surface area (Å²) >= 11 is 13.6. The van der Waals surface area contributed by atoms with Crippen LogP contribution in [-0.2, 0) is 29.1 Å². The molecule has 0 saturated carbocycles. The average molecular weight is 733 g/mol. The topological polar surface area (TPSA) is 154 Å². The summed E-state index contributed by atoms with van der Waals surface area (Å²) in [5.41, 5.74) is 5.63. The van der Waals surface area contributed by atoms with Crippen LogP contribution < -0.4 is 14.8 Å². The van der Waals surface area contributed by atoms with Crippen LogP contribution in [0.5, 0.6) is 11.8 Å². The number of amides is 1. The van der Waals surface area contributed by atoms with Crippen molar-refractivity contribution in [3.05, 3.63) is 98.7 Å². The van der Waals surface area contributed by atoms with Crippen molar-refractivity contribution in [3.63, 3.8) is 0 Å². The molecule has 3 aliphatic rings. The summed E-state index contributed by atoms with van der Waals surface area (Å²) < 4.78 is 11.9. The Labute approximate surface area is 303 Å². The number of aromatic nitrogens is 2. The Bertz CT molecular complexity index is 2000. The van der Waals surface area contributed by atoms with E-state index in [1.54, 1.807) is 30.5 Å². The van der Waals surface area contributed by atoms with Gasteiger partial charge in [-0.3, -0.25) is 24.2 Å². The molecule has 51 heavy (non-hydrogen) atoms. The van der Waals surface area contributed by atoms with Crippen LogP contribution in [0, 0.1) is 11.8 Å². The van der Waals surface area contributed by atoms with Gasteiger partial charge in [-0.2, -0.15) is 4.98 Å². The lowest BCUT2D eigenvalue weighted by molar-refractivity contribution is -0.148. The molecule has 2 saturated heterocycles. The molecule has 14 heteroatoms. The monoisotopic (exact) mass is 731 g/mol. The number of carbonyl (C=O) groups is 3. The molecule has 0 spiro atoms. The minimum Gasteiger partial charge on any atom is -0.481 e. The molecule has 2 aromatic carbocycles. The molecule has 1 atom stereocenters. The number of nitrogens with one attached hydrogen (secondary N) is 1. The van der Waals surface area contributed by atoms with Crippen molar-refractivity contribution in [3.8, 4) is 22.9 Å². The summed E-state index contributed by atoms with van der Waals surface area (Å²) in [6.45, 7) is 2.98. The first kappa shape index (κ1) is 34.7. The van der Waals surface area contributed by atoms with Crippen molar-refractivity contribution in [2.45, 2.75) is 32.0 Å². The lowest BCUT2D eigenvalue weighted by Gasteiger charge is -2.36. The van der Waals surface area contributed by atoms with Crippen molar-refractivity contribution in [1.82, 2.24) is 19.8 Å². The number of methoxy groups -OCH3 is 1. The minimum absolute atomic E-state index is 0.248. The van der Waals surface area contributed by atoms with Crippen molar-refractivity contribution in [2.24, 2.45) is 11.8 Å². The Morgan fingerprint density at radius 2 is 1.59 bits per heavy atom. The number of aliphatic carboxylic acids is 2. The molecule has 2 aromatic heterocycles. The lowest BCUT2D eigenvalue weighted by Crippen LogP contribution is -2.49. The maximum absolute atomic E-state index is 13.4. The molecular formula is C37H35Cl2N5O7. The number of hydrogen-bond donors (Lipinski definition) is 3. The Morgan fingerprint density at radius 1 is 0.902 bits per heavy atom. The van der Waals surface area contributed by atoms with Crippen molar-refractivity contribution < 1.29 is 34.1 Å². The number of halogens is 2. The third-order valence-electron chi connectivity index (χ3n) is 9.66. The predicted octanol–water partition coefficient (Wildman–Crippen LogP) is 5.81. The minimum atomic E-state index is -0.798. The van der Waals surface area contributed by atoms with E-state index in [1.807, 2.05) is 40.1 Å². The number of rotatable bonds is 12. The van der Waals surface area contributed by atoms with Gasteiger partial charge >= 0.3 is 11.9 Å². The van der Waals surface area contributed by atoms with Gasteiger partial charge in [0.2, 0.25) is 11.8 Å². The summed E-state index contributed by atoms with van der Waals surface area (Å²) in [5.74, 6) is -1.67. The molecule has 0 unspecified atom stereocenters. The highest BCUT2D eigenvalue weighted by Gasteiger charge is 2.34. The zero-order valence-corrected chi connectivity index (χ0v) is 29.2. The highest BCUT2D eigenvalue weighted by atomic mass is 35.5. The molecule has 2 fully saturated rings. The highest BCUT2D eigenvalue weighted by molar-refractivity contribution is 6.37. The number of nitrogens with zero attached hydrogens (tertiary/aromatic N) is 4. The maximum atomic E-state index is 13.4. The first-order valence-electron chi connectivity index (χ1n) is 16.5. The molecule has 1 aliphatic carbocycles. The molecule has 2 aliphatic heterocycles. The molecule has 0 bridgehead atoms. The van der Waals surface area contributed by atoms with Crippen LogP contribution in [0.3, 0.4) is 0 Å². The lowest BCUT2D eigenvalue weighted by atomic mass is 9.95. The van der Waals surface area contributed by atoms with Crippen molar-refractivity contribution in [1.29, 1.82) is 0 Å². The fourth-order valence-electron chi connectivity index (χ4n) is 6.89. The van der Waals surface area contributed by atoms with E-state index in [-0.39, 0.29) is 23.8 Å². The van der Waals surface area contributed by atoms with Gasteiger partial charge in [0.1, 0.15) is 16.9 Å². The molecule has 12 nitrogen and oxygen atoms in total. The summed E-state index contributed by atoms with van der Waals surface area (Å²) in [4.78, 5) is 48.6. The maximum Gasteiger partial charge on any atom is 0.309 e. The zero-order valence-electron chi connectivity index (χ0n) is 27.6. The number of pyridine rings is 2. The number of carbonyl (C=O) groups excluding carboxylic acids is 1. The van der Waals surface area contributed by atoms with Crippen LogP contribution in [0.25, 0.3) is 11.1 Å². The fraction of sp³-hybridized carbons (Fsp3) is 0.324. The van der Waals surface area contributed by atoms with E-state index < -0.39 is 17.8 Å². The first-order chi connectivity index (χ1) is 24.6. The number of likely N-dealkylation sites (tertiary alicyclic amines) is 2. The molecule has 0 radical (unpaired) electrons. The van der Waals surface area contributed by atoms with Gasteiger partial charge in [-0.15, -0.1) is 0 Å². The number of fused-ring (bicyclic) bond motifs is 1. The normalized spacial score (nSPS) is 17.7. The van der Waals surface area contributed by atoms with E-state index in [4.69, 9.17) is 37.8 Å². The number of benzene rings is 2. The van der Waals surface area contributed by atoms with Gasteiger partial charge in [-0.05, 0) is 53.3 Å². The third kappa shape index (κ3) is 7.22. The van der Waals surface area contributed by atoms with E-state index in [1.165, 1.54) is 7.11 Å². The molecular weight excluding hydrogens is 697 g/mol. The summed E-state index contributed by atoms with van der Waals surface area (Å²) in [6, 6.07) is 16.6. The second kappa shape index (κ2) is 14.5. The predicted molar refractivity (Wildman–Crippen MR) is 189 cm³/mol. The van der Waals surface area contributed by atoms with Gasteiger partial charge in [-0.25, -0.2) is 4.98 Å². The second-order valence-electron chi connectivity index (χ2n) is 13.1. The van der Waals surface area contributed by atoms with Gasteiger partial charge < -0.3 is 25.0 Å². The molecule has 264 valence electrons. The number of carboxylic acid groups (broad SMARTS) is 2. The van der Waals surface area contributed by atoms with E-state index >= 15 is 0 Å². The van der Waals surface area contributed by atoms with Gasteiger partial charge in [0.05, 0.1) is 29.5 Å².